The minimum atomic E-state index is -0.879. The van der Waals surface area contributed by atoms with Crippen LogP contribution in [0.25, 0.3) is 11.3 Å². The Morgan fingerprint density at radius 1 is 1.29 bits per heavy atom. The van der Waals surface area contributed by atoms with E-state index in [9.17, 15) is 20.2 Å². The SMILES string of the molecule is NC(=N/N=C\c1ccc(-c2ccc([N+](=O)[O-])cc2Cl)o1)N[N+](=O)[O-]. The predicted octanol–water partition coefficient (Wildman–Crippen LogP) is 1.94. The van der Waals surface area contributed by atoms with Gasteiger partial charge in [0.15, 0.2) is 5.03 Å². The lowest BCUT2D eigenvalue weighted by atomic mass is 10.1. The molecule has 12 heteroatoms. The molecule has 1 aromatic heterocycles. The number of nitro benzene ring substituents is 1. The molecule has 0 unspecified atom stereocenters. The molecule has 2 rings (SSSR count). The second kappa shape index (κ2) is 7.19. The Bertz CT molecular complexity index is 846. The van der Waals surface area contributed by atoms with Crippen LogP contribution in [0.15, 0.2) is 45.0 Å². The molecule has 2 aromatic rings. The lowest BCUT2D eigenvalue weighted by Crippen LogP contribution is -2.35. The Kier molecular flexibility index (Phi) is 5.06. The van der Waals surface area contributed by atoms with Crippen LogP contribution in [0.3, 0.4) is 0 Å². The molecule has 24 heavy (non-hydrogen) atoms. The van der Waals surface area contributed by atoms with Crippen molar-refractivity contribution in [2.75, 3.05) is 0 Å². The van der Waals surface area contributed by atoms with E-state index in [0.29, 0.717) is 11.3 Å². The molecule has 0 saturated heterocycles. The Morgan fingerprint density at radius 2 is 2.04 bits per heavy atom. The number of nitrogens with one attached hydrogen (secondary N) is 1. The molecule has 0 spiro atoms. The normalized spacial score (nSPS) is 11.6. The first-order valence-corrected chi connectivity index (χ1v) is 6.56. The summed E-state index contributed by atoms with van der Waals surface area (Å²) in [4.78, 5) is 20.2. The van der Waals surface area contributed by atoms with E-state index in [1.54, 1.807) is 17.6 Å². The largest absolute Gasteiger partial charge is 0.455 e. The van der Waals surface area contributed by atoms with Crippen LogP contribution in [-0.2, 0) is 0 Å². The smallest absolute Gasteiger partial charge is 0.275 e. The van der Waals surface area contributed by atoms with Crippen LogP contribution < -0.4 is 11.2 Å². The zero-order valence-corrected chi connectivity index (χ0v) is 12.5. The lowest BCUT2D eigenvalue weighted by molar-refractivity contribution is -0.525. The van der Waals surface area contributed by atoms with E-state index >= 15 is 0 Å². The maximum absolute atomic E-state index is 10.7. The van der Waals surface area contributed by atoms with Crippen molar-refractivity contribution >= 4 is 29.5 Å². The van der Waals surface area contributed by atoms with Gasteiger partial charge in [-0.1, -0.05) is 17.0 Å². The molecule has 0 fully saturated rings. The van der Waals surface area contributed by atoms with E-state index in [0.717, 1.165) is 0 Å². The van der Waals surface area contributed by atoms with Gasteiger partial charge in [0, 0.05) is 17.7 Å². The number of rotatable bonds is 5. The summed E-state index contributed by atoms with van der Waals surface area (Å²) < 4.78 is 5.45. The Balaban J connectivity index is 2.16. The number of nitrogens with two attached hydrogens (primary N) is 1. The molecule has 124 valence electrons. The fourth-order valence-electron chi connectivity index (χ4n) is 1.65. The van der Waals surface area contributed by atoms with Crippen LogP contribution in [0.5, 0.6) is 0 Å². The summed E-state index contributed by atoms with van der Waals surface area (Å²) in [5.41, 5.74) is 7.11. The molecular formula is C12H9ClN6O5. The van der Waals surface area contributed by atoms with Crippen LogP contribution in [0.4, 0.5) is 5.69 Å². The van der Waals surface area contributed by atoms with Gasteiger partial charge in [0.1, 0.15) is 11.5 Å². The fraction of sp³-hybridized carbons (Fsp3) is 0. The molecule has 0 aliphatic heterocycles. The molecule has 0 amide bonds. The second-order valence-corrected chi connectivity index (χ2v) is 4.63. The number of nitrogens with zero attached hydrogens (tertiary/aromatic N) is 4. The van der Waals surface area contributed by atoms with Gasteiger partial charge < -0.3 is 10.2 Å². The van der Waals surface area contributed by atoms with Gasteiger partial charge in [0.25, 0.3) is 11.6 Å². The third-order valence-corrected chi connectivity index (χ3v) is 2.92. The molecule has 0 aliphatic carbocycles. The van der Waals surface area contributed by atoms with E-state index in [1.165, 1.54) is 24.4 Å². The highest BCUT2D eigenvalue weighted by atomic mass is 35.5. The summed E-state index contributed by atoms with van der Waals surface area (Å²) in [6, 6.07) is 7.09. The van der Waals surface area contributed by atoms with Crippen LogP contribution in [-0.4, -0.2) is 22.1 Å². The highest BCUT2D eigenvalue weighted by Gasteiger charge is 2.13. The number of benzene rings is 1. The number of furan rings is 1. The van der Waals surface area contributed by atoms with Crippen molar-refractivity contribution in [1.82, 2.24) is 5.43 Å². The lowest BCUT2D eigenvalue weighted by Gasteiger charge is -2.00. The average Bonchev–Trinajstić information content (AvgIpc) is 2.94. The summed E-state index contributed by atoms with van der Waals surface area (Å²) in [6.45, 7) is 0. The van der Waals surface area contributed by atoms with Crippen LogP contribution >= 0.6 is 11.6 Å². The number of hydrazine groups is 1. The zero-order chi connectivity index (χ0) is 17.7. The van der Waals surface area contributed by atoms with Crippen molar-refractivity contribution in [1.29, 1.82) is 0 Å². The first-order valence-electron chi connectivity index (χ1n) is 6.18. The Labute approximate surface area is 138 Å². The molecule has 0 aliphatic rings. The summed E-state index contributed by atoms with van der Waals surface area (Å²) >= 11 is 6.00. The van der Waals surface area contributed by atoms with Gasteiger partial charge in [-0.05, 0) is 18.2 Å². The quantitative estimate of drug-likeness (QED) is 0.359. The van der Waals surface area contributed by atoms with Gasteiger partial charge in [0.2, 0.25) is 0 Å². The molecule has 0 bridgehead atoms. The maximum atomic E-state index is 10.7. The third kappa shape index (κ3) is 4.27. The van der Waals surface area contributed by atoms with E-state index in [4.69, 9.17) is 21.8 Å². The van der Waals surface area contributed by atoms with Gasteiger partial charge in [0.05, 0.1) is 16.2 Å². The number of non-ortho nitro benzene ring substituents is 1. The van der Waals surface area contributed by atoms with Crippen molar-refractivity contribution in [3.63, 3.8) is 0 Å². The van der Waals surface area contributed by atoms with Gasteiger partial charge in [-0.3, -0.25) is 10.1 Å². The number of nitro groups is 2. The fourth-order valence-corrected chi connectivity index (χ4v) is 1.92. The highest BCUT2D eigenvalue weighted by Crippen LogP contribution is 2.31. The van der Waals surface area contributed by atoms with Gasteiger partial charge >= 0.3 is 0 Å². The van der Waals surface area contributed by atoms with E-state index in [1.807, 2.05) is 0 Å². The third-order valence-electron chi connectivity index (χ3n) is 2.61. The van der Waals surface area contributed by atoms with Gasteiger partial charge in [-0.25, -0.2) is 10.1 Å². The van der Waals surface area contributed by atoms with E-state index in [-0.39, 0.29) is 16.5 Å². The topological polar surface area (TPSA) is 162 Å². The molecular weight excluding hydrogens is 344 g/mol. The van der Waals surface area contributed by atoms with Gasteiger partial charge in [-0.2, -0.15) is 5.10 Å². The zero-order valence-electron chi connectivity index (χ0n) is 11.7. The first-order chi connectivity index (χ1) is 11.4. The van der Waals surface area contributed by atoms with Crippen LogP contribution in [0.1, 0.15) is 5.76 Å². The molecule has 0 radical (unpaired) electrons. The molecule has 0 atom stereocenters. The molecule has 1 aromatic carbocycles. The summed E-state index contributed by atoms with van der Waals surface area (Å²) in [6.07, 6.45) is 1.18. The maximum Gasteiger partial charge on any atom is 0.275 e. The molecule has 11 nitrogen and oxygen atoms in total. The standard InChI is InChI=1S/C12H9ClN6O5/c13-10-5-7(18(20)21)1-3-9(10)11-4-2-8(24-11)6-15-16-12(14)17-19(22)23/h1-6H,(H3,14,16,17)/b15-6-. The predicted molar refractivity (Wildman–Crippen MR) is 85.2 cm³/mol. The second-order valence-electron chi connectivity index (χ2n) is 4.22. The van der Waals surface area contributed by atoms with Crippen molar-refractivity contribution in [3.8, 4) is 11.3 Å². The first kappa shape index (κ1) is 16.9. The summed E-state index contributed by atoms with van der Waals surface area (Å²) in [5.74, 6) is 0.134. The highest BCUT2D eigenvalue weighted by molar-refractivity contribution is 6.33. The van der Waals surface area contributed by atoms with E-state index in [2.05, 4.69) is 10.2 Å². The number of guanidine groups is 1. The van der Waals surface area contributed by atoms with E-state index < -0.39 is 15.9 Å². The number of halogens is 1. The molecule has 3 N–H and O–H groups in total. The van der Waals surface area contributed by atoms with Gasteiger partial charge in [-0.15, -0.1) is 5.10 Å². The minimum Gasteiger partial charge on any atom is -0.455 e. The summed E-state index contributed by atoms with van der Waals surface area (Å²) in [7, 11) is 0. The summed E-state index contributed by atoms with van der Waals surface area (Å²) in [5, 5.41) is 26.9. The minimum absolute atomic E-state index is 0.139. The number of hydrogen-bond acceptors (Lipinski definition) is 7. The Morgan fingerprint density at radius 3 is 2.67 bits per heavy atom. The monoisotopic (exact) mass is 352 g/mol. The van der Waals surface area contributed by atoms with Crippen molar-refractivity contribution in [3.05, 3.63) is 61.3 Å². The number of hydrogen-bond donors (Lipinski definition) is 2. The van der Waals surface area contributed by atoms with Crippen LogP contribution in [0.2, 0.25) is 5.02 Å². The van der Waals surface area contributed by atoms with Crippen molar-refractivity contribution < 1.29 is 14.4 Å². The average molecular weight is 353 g/mol. The van der Waals surface area contributed by atoms with Crippen molar-refractivity contribution in [2.24, 2.45) is 15.9 Å². The molecule has 0 saturated carbocycles. The molecule has 1 heterocycles. The van der Waals surface area contributed by atoms with Crippen molar-refractivity contribution in [2.45, 2.75) is 0 Å². The Hall–Kier alpha value is -3.47. The van der Waals surface area contributed by atoms with Crippen LogP contribution in [0, 0.1) is 20.2 Å².